The Morgan fingerprint density at radius 1 is 1.50 bits per heavy atom. The first-order valence-corrected chi connectivity index (χ1v) is 5.82. The van der Waals surface area contributed by atoms with E-state index in [1.807, 2.05) is 17.9 Å². The zero-order valence-electron chi connectivity index (χ0n) is 8.67. The van der Waals surface area contributed by atoms with Gasteiger partial charge in [-0.1, -0.05) is 12.8 Å². The van der Waals surface area contributed by atoms with Gasteiger partial charge in [0, 0.05) is 19.1 Å². The van der Waals surface area contributed by atoms with E-state index in [-0.39, 0.29) is 0 Å². The van der Waals surface area contributed by atoms with Gasteiger partial charge in [0.2, 0.25) is 0 Å². The standard InChI is InChI=1S/C11H17ClN2/c1-14-7-4-10(13-14)8-11(9-12)5-2-3-6-11/h4,7H,2-3,5-6,8-9H2,1H3. The third-order valence-electron chi connectivity index (χ3n) is 3.27. The molecule has 1 fully saturated rings. The minimum atomic E-state index is 0.343. The van der Waals surface area contributed by atoms with Crippen molar-refractivity contribution >= 4 is 11.6 Å². The molecule has 0 spiro atoms. The van der Waals surface area contributed by atoms with Gasteiger partial charge in [0.05, 0.1) is 5.69 Å². The molecule has 0 amide bonds. The second-order valence-corrected chi connectivity index (χ2v) is 4.77. The topological polar surface area (TPSA) is 17.8 Å². The molecule has 1 heterocycles. The fourth-order valence-corrected chi connectivity index (χ4v) is 2.79. The van der Waals surface area contributed by atoms with Gasteiger partial charge in [-0.25, -0.2) is 0 Å². The lowest BCUT2D eigenvalue weighted by molar-refractivity contribution is 0.336. The highest BCUT2D eigenvalue weighted by Crippen LogP contribution is 2.41. The Morgan fingerprint density at radius 3 is 2.71 bits per heavy atom. The molecular weight excluding hydrogens is 196 g/mol. The van der Waals surface area contributed by atoms with Crippen molar-refractivity contribution in [2.75, 3.05) is 5.88 Å². The summed E-state index contributed by atoms with van der Waals surface area (Å²) in [5.41, 5.74) is 1.53. The number of aryl methyl sites for hydroxylation is 1. The second-order valence-electron chi connectivity index (χ2n) is 4.50. The van der Waals surface area contributed by atoms with E-state index < -0.39 is 0 Å². The van der Waals surface area contributed by atoms with Crippen LogP contribution in [0.25, 0.3) is 0 Å². The zero-order valence-corrected chi connectivity index (χ0v) is 9.43. The molecule has 1 aromatic rings. The monoisotopic (exact) mass is 212 g/mol. The normalized spacial score (nSPS) is 20.1. The highest BCUT2D eigenvalue weighted by molar-refractivity contribution is 6.18. The van der Waals surface area contributed by atoms with Gasteiger partial charge in [0.1, 0.15) is 0 Å². The van der Waals surface area contributed by atoms with Crippen LogP contribution in [0.3, 0.4) is 0 Å². The fraction of sp³-hybridized carbons (Fsp3) is 0.727. The summed E-state index contributed by atoms with van der Waals surface area (Å²) >= 11 is 6.09. The lowest BCUT2D eigenvalue weighted by Crippen LogP contribution is -2.22. The Balaban J connectivity index is 2.08. The van der Waals surface area contributed by atoms with Crippen molar-refractivity contribution in [3.63, 3.8) is 0 Å². The van der Waals surface area contributed by atoms with Gasteiger partial charge in [-0.15, -0.1) is 11.6 Å². The van der Waals surface area contributed by atoms with Gasteiger partial charge in [0.25, 0.3) is 0 Å². The molecule has 14 heavy (non-hydrogen) atoms. The van der Waals surface area contributed by atoms with E-state index >= 15 is 0 Å². The van der Waals surface area contributed by atoms with E-state index in [1.165, 1.54) is 31.4 Å². The van der Waals surface area contributed by atoms with E-state index in [0.29, 0.717) is 5.41 Å². The number of rotatable bonds is 3. The highest BCUT2D eigenvalue weighted by atomic mass is 35.5. The molecule has 0 saturated heterocycles. The smallest absolute Gasteiger partial charge is 0.0630 e. The first kappa shape index (κ1) is 10.0. The van der Waals surface area contributed by atoms with Crippen LogP contribution in [-0.4, -0.2) is 15.7 Å². The number of aromatic nitrogens is 2. The molecule has 1 aliphatic carbocycles. The maximum absolute atomic E-state index is 6.09. The first-order valence-electron chi connectivity index (χ1n) is 5.29. The summed E-state index contributed by atoms with van der Waals surface area (Å²) in [4.78, 5) is 0. The number of nitrogens with zero attached hydrogens (tertiary/aromatic N) is 2. The van der Waals surface area contributed by atoms with Gasteiger partial charge >= 0.3 is 0 Å². The lowest BCUT2D eigenvalue weighted by Gasteiger charge is -2.24. The largest absolute Gasteiger partial charge is 0.276 e. The molecule has 2 nitrogen and oxygen atoms in total. The van der Waals surface area contributed by atoms with Gasteiger partial charge < -0.3 is 0 Å². The van der Waals surface area contributed by atoms with Gasteiger partial charge in [0.15, 0.2) is 0 Å². The van der Waals surface area contributed by atoms with Crippen molar-refractivity contribution < 1.29 is 0 Å². The van der Waals surface area contributed by atoms with E-state index in [0.717, 1.165) is 12.3 Å². The third kappa shape index (κ3) is 1.95. The first-order chi connectivity index (χ1) is 6.74. The van der Waals surface area contributed by atoms with Crippen molar-refractivity contribution in [1.82, 2.24) is 9.78 Å². The van der Waals surface area contributed by atoms with Crippen LogP contribution in [0.15, 0.2) is 12.3 Å². The molecule has 1 aliphatic rings. The van der Waals surface area contributed by atoms with E-state index in [9.17, 15) is 0 Å². The average Bonchev–Trinajstić information content (AvgIpc) is 2.77. The van der Waals surface area contributed by atoms with Gasteiger partial charge in [-0.2, -0.15) is 5.10 Å². The van der Waals surface area contributed by atoms with Crippen LogP contribution in [-0.2, 0) is 13.5 Å². The Morgan fingerprint density at radius 2 is 2.21 bits per heavy atom. The third-order valence-corrected chi connectivity index (χ3v) is 3.84. The average molecular weight is 213 g/mol. The van der Waals surface area contributed by atoms with Crippen LogP contribution in [0.5, 0.6) is 0 Å². The maximum Gasteiger partial charge on any atom is 0.0630 e. The van der Waals surface area contributed by atoms with Crippen LogP contribution in [0, 0.1) is 5.41 Å². The van der Waals surface area contributed by atoms with Crippen molar-refractivity contribution in [1.29, 1.82) is 0 Å². The number of hydrogen-bond acceptors (Lipinski definition) is 1. The lowest BCUT2D eigenvalue weighted by atomic mass is 9.84. The molecule has 78 valence electrons. The van der Waals surface area contributed by atoms with Crippen LogP contribution < -0.4 is 0 Å². The Kier molecular flexibility index (Phi) is 2.82. The molecule has 2 rings (SSSR count). The summed E-state index contributed by atoms with van der Waals surface area (Å²) in [5, 5.41) is 4.43. The Bertz CT molecular complexity index is 300. The molecule has 3 heteroatoms. The Hall–Kier alpha value is -0.500. The SMILES string of the molecule is Cn1ccc(CC2(CCl)CCCC2)n1. The van der Waals surface area contributed by atoms with Gasteiger partial charge in [-0.05, 0) is 30.7 Å². The zero-order chi connectivity index (χ0) is 10.0. The molecule has 0 unspecified atom stereocenters. The van der Waals surface area contributed by atoms with Crippen molar-refractivity contribution in [3.8, 4) is 0 Å². The van der Waals surface area contributed by atoms with Gasteiger partial charge in [-0.3, -0.25) is 4.68 Å². The summed E-state index contributed by atoms with van der Waals surface area (Å²) < 4.78 is 1.87. The number of halogens is 1. The van der Waals surface area contributed by atoms with Crippen LogP contribution in [0.4, 0.5) is 0 Å². The summed E-state index contributed by atoms with van der Waals surface area (Å²) in [6, 6.07) is 2.10. The van der Waals surface area contributed by atoms with E-state index in [1.54, 1.807) is 0 Å². The van der Waals surface area contributed by atoms with E-state index in [4.69, 9.17) is 11.6 Å². The minimum absolute atomic E-state index is 0.343. The summed E-state index contributed by atoms with van der Waals surface area (Å²) in [5.74, 6) is 0.781. The molecule has 0 N–H and O–H groups in total. The summed E-state index contributed by atoms with van der Waals surface area (Å²) in [6.45, 7) is 0. The molecule has 1 aromatic heterocycles. The van der Waals surface area contributed by atoms with Crippen molar-refractivity contribution in [3.05, 3.63) is 18.0 Å². The summed E-state index contributed by atoms with van der Waals surface area (Å²) in [7, 11) is 1.96. The molecule has 1 saturated carbocycles. The number of alkyl halides is 1. The van der Waals surface area contributed by atoms with E-state index in [2.05, 4.69) is 11.2 Å². The molecule has 0 atom stereocenters. The van der Waals surface area contributed by atoms with Crippen LogP contribution in [0.2, 0.25) is 0 Å². The predicted octanol–water partition coefficient (Wildman–Crippen LogP) is 2.76. The number of hydrogen-bond donors (Lipinski definition) is 0. The summed E-state index contributed by atoms with van der Waals surface area (Å²) in [6.07, 6.45) is 8.27. The molecule has 0 aromatic carbocycles. The minimum Gasteiger partial charge on any atom is -0.276 e. The highest BCUT2D eigenvalue weighted by Gasteiger charge is 2.33. The molecule has 0 bridgehead atoms. The second kappa shape index (κ2) is 3.93. The molecule has 0 radical (unpaired) electrons. The quantitative estimate of drug-likeness (QED) is 0.705. The van der Waals surface area contributed by atoms with Crippen LogP contribution in [0.1, 0.15) is 31.4 Å². The van der Waals surface area contributed by atoms with Crippen molar-refractivity contribution in [2.45, 2.75) is 32.1 Å². The predicted molar refractivity (Wildman–Crippen MR) is 58.5 cm³/mol. The Labute approximate surface area is 90.3 Å². The van der Waals surface area contributed by atoms with Crippen molar-refractivity contribution in [2.24, 2.45) is 12.5 Å². The molecule has 0 aliphatic heterocycles. The van der Waals surface area contributed by atoms with Crippen LogP contribution >= 0.6 is 11.6 Å². The molecular formula is C11H17ClN2. The fourth-order valence-electron chi connectivity index (χ4n) is 2.42. The maximum atomic E-state index is 6.09.